The van der Waals surface area contributed by atoms with Gasteiger partial charge in [-0.2, -0.15) is 0 Å². The summed E-state index contributed by atoms with van der Waals surface area (Å²) in [6.45, 7) is 13.3. The number of aliphatic hydroxyl groups is 1. The first-order valence-electron chi connectivity index (χ1n) is 7.18. The number of rotatable bonds is 2. The Morgan fingerprint density at radius 1 is 1.21 bits per heavy atom. The fourth-order valence-corrected chi connectivity index (χ4v) is 2.53. The largest absolute Gasteiger partial charge is 0.392 e. The van der Waals surface area contributed by atoms with Crippen molar-refractivity contribution in [2.75, 3.05) is 18.0 Å². The fraction of sp³-hybridized carbons (Fsp3) is 0.688. The monoisotopic (exact) mass is 262 g/mol. The quantitative estimate of drug-likeness (QED) is 0.890. The van der Waals surface area contributed by atoms with E-state index in [0.29, 0.717) is 11.8 Å². The molecule has 0 amide bonds. The molecule has 0 saturated carbocycles. The van der Waals surface area contributed by atoms with Gasteiger partial charge in [-0.25, -0.2) is 4.98 Å². The number of nitrogens with zero attached hydrogens (tertiary/aromatic N) is 2. The van der Waals surface area contributed by atoms with Gasteiger partial charge in [0.2, 0.25) is 0 Å². The summed E-state index contributed by atoms with van der Waals surface area (Å²) in [5.41, 5.74) is 2.03. The second-order valence-corrected chi connectivity index (χ2v) is 6.99. The topological polar surface area (TPSA) is 36.4 Å². The molecule has 1 aromatic heterocycles. The normalized spacial score (nSPS) is 24.0. The van der Waals surface area contributed by atoms with Gasteiger partial charge < -0.3 is 10.0 Å². The number of hydrogen-bond donors (Lipinski definition) is 1. The Bertz CT molecular complexity index is 441. The molecule has 3 nitrogen and oxygen atoms in total. The van der Waals surface area contributed by atoms with Gasteiger partial charge in [-0.1, -0.05) is 34.6 Å². The van der Waals surface area contributed by atoms with Crippen LogP contribution in [0, 0.1) is 11.8 Å². The molecule has 0 bridgehead atoms. The Morgan fingerprint density at radius 3 is 2.26 bits per heavy atom. The summed E-state index contributed by atoms with van der Waals surface area (Å²) in [6.07, 6.45) is 0. The van der Waals surface area contributed by atoms with Crippen molar-refractivity contribution in [3.8, 4) is 0 Å². The van der Waals surface area contributed by atoms with E-state index in [1.807, 2.05) is 12.1 Å². The Balaban J connectivity index is 2.35. The van der Waals surface area contributed by atoms with Crippen molar-refractivity contribution in [1.82, 2.24) is 4.98 Å². The lowest BCUT2D eigenvalue weighted by Gasteiger charge is -2.23. The van der Waals surface area contributed by atoms with E-state index in [9.17, 15) is 5.11 Å². The zero-order chi connectivity index (χ0) is 14.2. The second kappa shape index (κ2) is 5.12. The minimum absolute atomic E-state index is 0.0108. The summed E-state index contributed by atoms with van der Waals surface area (Å²) in [5, 5.41) is 9.45. The second-order valence-electron chi connectivity index (χ2n) is 6.99. The van der Waals surface area contributed by atoms with Crippen LogP contribution in [0.5, 0.6) is 0 Å². The third-order valence-corrected chi connectivity index (χ3v) is 4.13. The molecule has 0 aromatic carbocycles. The summed E-state index contributed by atoms with van der Waals surface area (Å²) < 4.78 is 0. The molecule has 19 heavy (non-hydrogen) atoms. The minimum atomic E-state index is 0.0108. The third-order valence-electron chi connectivity index (χ3n) is 4.13. The van der Waals surface area contributed by atoms with Gasteiger partial charge in [0.1, 0.15) is 5.82 Å². The van der Waals surface area contributed by atoms with Gasteiger partial charge in [-0.15, -0.1) is 0 Å². The Kier molecular flexibility index (Phi) is 3.86. The molecule has 1 aromatic rings. The van der Waals surface area contributed by atoms with E-state index in [1.165, 1.54) is 0 Å². The molecule has 0 spiro atoms. The van der Waals surface area contributed by atoms with Crippen molar-refractivity contribution in [3.05, 3.63) is 23.4 Å². The summed E-state index contributed by atoms with van der Waals surface area (Å²) in [5.74, 6) is 2.43. The number of hydrogen-bond acceptors (Lipinski definition) is 3. The maximum Gasteiger partial charge on any atom is 0.129 e. The van der Waals surface area contributed by atoms with E-state index in [4.69, 9.17) is 4.98 Å². The predicted molar refractivity (Wildman–Crippen MR) is 79.4 cm³/mol. The van der Waals surface area contributed by atoms with E-state index in [0.717, 1.165) is 30.2 Å². The molecule has 0 radical (unpaired) electrons. The van der Waals surface area contributed by atoms with Crippen LogP contribution in [-0.4, -0.2) is 23.2 Å². The molecule has 3 heteroatoms. The highest BCUT2D eigenvalue weighted by molar-refractivity contribution is 5.45. The molecule has 0 aliphatic carbocycles. The molecule has 2 atom stereocenters. The first-order chi connectivity index (χ1) is 8.81. The average Bonchev–Trinajstić information content (AvgIpc) is 2.68. The van der Waals surface area contributed by atoms with Gasteiger partial charge in [-0.3, -0.25) is 0 Å². The van der Waals surface area contributed by atoms with Crippen LogP contribution in [0.15, 0.2) is 12.1 Å². The standard InChI is InChI=1S/C16H26N2O/c1-11-8-18(9-12(11)2)15-7-13(10-19)6-14(17-15)16(3,4)5/h6-7,11-12,19H,8-10H2,1-5H3. The first kappa shape index (κ1) is 14.3. The molecular weight excluding hydrogens is 236 g/mol. The zero-order valence-electron chi connectivity index (χ0n) is 12.8. The Hall–Kier alpha value is -1.09. The Morgan fingerprint density at radius 2 is 1.79 bits per heavy atom. The molecule has 1 aliphatic rings. The number of anilines is 1. The van der Waals surface area contributed by atoms with E-state index in [-0.39, 0.29) is 12.0 Å². The van der Waals surface area contributed by atoms with Crippen LogP contribution in [-0.2, 0) is 12.0 Å². The lowest BCUT2D eigenvalue weighted by molar-refractivity contribution is 0.281. The lowest BCUT2D eigenvalue weighted by Crippen LogP contribution is -2.23. The number of aromatic nitrogens is 1. The van der Waals surface area contributed by atoms with Crippen LogP contribution in [0.4, 0.5) is 5.82 Å². The molecule has 1 fully saturated rings. The summed E-state index contributed by atoms with van der Waals surface area (Å²) in [6, 6.07) is 4.05. The van der Waals surface area contributed by atoms with E-state index >= 15 is 0 Å². The van der Waals surface area contributed by atoms with Crippen LogP contribution in [0.1, 0.15) is 45.9 Å². The highest BCUT2D eigenvalue weighted by atomic mass is 16.3. The highest BCUT2D eigenvalue weighted by Gasteiger charge is 2.28. The van der Waals surface area contributed by atoms with Crippen molar-refractivity contribution in [2.45, 2.75) is 46.6 Å². The van der Waals surface area contributed by atoms with Crippen molar-refractivity contribution < 1.29 is 5.11 Å². The fourth-order valence-electron chi connectivity index (χ4n) is 2.53. The number of pyridine rings is 1. The minimum Gasteiger partial charge on any atom is -0.392 e. The maximum absolute atomic E-state index is 9.45. The van der Waals surface area contributed by atoms with Gasteiger partial charge in [0.15, 0.2) is 0 Å². The van der Waals surface area contributed by atoms with Gasteiger partial charge in [-0.05, 0) is 29.5 Å². The molecule has 2 heterocycles. The van der Waals surface area contributed by atoms with E-state index in [1.54, 1.807) is 0 Å². The summed E-state index contributed by atoms with van der Waals surface area (Å²) in [7, 11) is 0. The molecule has 1 saturated heterocycles. The molecule has 2 unspecified atom stereocenters. The lowest BCUT2D eigenvalue weighted by atomic mass is 9.91. The van der Waals surface area contributed by atoms with Gasteiger partial charge in [0.25, 0.3) is 0 Å². The zero-order valence-corrected chi connectivity index (χ0v) is 12.8. The van der Waals surface area contributed by atoms with Gasteiger partial charge >= 0.3 is 0 Å². The smallest absolute Gasteiger partial charge is 0.129 e. The summed E-state index contributed by atoms with van der Waals surface area (Å²) in [4.78, 5) is 7.17. The average molecular weight is 262 g/mol. The van der Waals surface area contributed by atoms with Crippen LogP contribution < -0.4 is 4.90 Å². The predicted octanol–water partition coefficient (Wildman–Crippen LogP) is 2.96. The van der Waals surface area contributed by atoms with Crippen molar-refractivity contribution in [1.29, 1.82) is 0 Å². The molecular formula is C16H26N2O. The van der Waals surface area contributed by atoms with E-state index < -0.39 is 0 Å². The van der Waals surface area contributed by atoms with Crippen molar-refractivity contribution >= 4 is 5.82 Å². The highest BCUT2D eigenvalue weighted by Crippen LogP contribution is 2.30. The van der Waals surface area contributed by atoms with Crippen LogP contribution in [0.2, 0.25) is 0 Å². The third kappa shape index (κ3) is 3.08. The van der Waals surface area contributed by atoms with Crippen LogP contribution in [0.3, 0.4) is 0 Å². The number of aliphatic hydroxyl groups excluding tert-OH is 1. The molecule has 2 rings (SSSR count). The SMILES string of the molecule is CC1CN(c2cc(CO)cc(C(C)(C)C)n2)CC1C. The molecule has 106 valence electrons. The van der Waals surface area contributed by atoms with Gasteiger partial charge in [0.05, 0.1) is 6.61 Å². The Labute approximate surface area is 116 Å². The maximum atomic E-state index is 9.45. The van der Waals surface area contributed by atoms with Crippen molar-refractivity contribution in [2.24, 2.45) is 11.8 Å². The molecule has 1 N–H and O–H groups in total. The molecule has 1 aliphatic heterocycles. The summed E-state index contributed by atoms with van der Waals surface area (Å²) >= 11 is 0. The van der Waals surface area contributed by atoms with Crippen LogP contribution >= 0.6 is 0 Å². The van der Waals surface area contributed by atoms with Crippen molar-refractivity contribution in [3.63, 3.8) is 0 Å². The first-order valence-corrected chi connectivity index (χ1v) is 7.18. The van der Waals surface area contributed by atoms with E-state index in [2.05, 4.69) is 39.5 Å². The van der Waals surface area contributed by atoms with Gasteiger partial charge in [0, 0.05) is 24.2 Å². The van der Waals surface area contributed by atoms with Crippen LogP contribution in [0.25, 0.3) is 0 Å².